The first kappa shape index (κ1) is 19.5. The summed E-state index contributed by atoms with van der Waals surface area (Å²) < 4.78 is 11.7. The number of rotatable bonds is 5. The number of aromatic nitrogens is 5. The number of hydrogen-bond acceptors (Lipinski definition) is 4. The Balaban J connectivity index is 2.08. The molecule has 0 saturated carbocycles. The van der Waals surface area contributed by atoms with E-state index in [2.05, 4.69) is 4.98 Å². The molecule has 0 unspecified atom stereocenters. The van der Waals surface area contributed by atoms with Crippen molar-refractivity contribution in [1.29, 1.82) is 0 Å². The predicted molar refractivity (Wildman–Crippen MR) is 113 cm³/mol. The molecule has 0 aliphatic heterocycles. The van der Waals surface area contributed by atoms with Gasteiger partial charge in [0.2, 0.25) is 5.78 Å². The van der Waals surface area contributed by atoms with Crippen LogP contribution in [0, 0.1) is 13.8 Å². The monoisotopic (exact) mass is 415 g/mol. The lowest BCUT2D eigenvalue weighted by atomic mass is 10.3. The average Bonchev–Trinajstić information content (AvgIpc) is 3.19. The van der Waals surface area contributed by atoms with Gasteiger partial charge in [-0.25, -0.2) is 4.79 Å². The van der Waals surface area contributed by atoms with Gasteiger partial charge in [-0.15, -0.1) is 0 Å². The highest BCUT2D eigenvalue weighted by Gasteiger charge is 2.23. The van der Waals surface area contributed by atoms with Crippen molar-refractivity contribution in [3.05, 3.63) is 61.5 Å². The van der Waals surface area contributed by atoms with E-state index >= 15 is 0 Å². The van der Waals surface area contributed by atoms with Crippen LogP contribution >= 0.6 is 11.6 Å². The van der Waals surface area contributed by atoms with Crippen molar-refractivity contribution in [3.8, 4) is 5.69 Å². The summed E-state index contributed by atoms with van der Waals surface area (Å²) in [6.45, 7) is 6.77. The summed E-state index contributed by atoms with van der Waals surface area (Å²) in [5, 5.41) is 0.605. The maximum Gasteiger partial charge on any atom is 0.332 e. The van der Waals surface area contributed by atoms with Gasteiger partial charge in [-0.3, -0.25) is 22.9 Å². The van der Waals surface area contributed by atoms with Crippen LogP contribution in [0.3, 0.4) is 0 Å². The number of aryl methyl sites for hydroxylation is 2. The van der Waals surface area contributed by atoms with Crippen LogP contribution in [0.1, 0.15) is 18.3 Å². The topological polar surface area (TPSA) is 75.5 Å². The average molecular weight is 416 g/mol. The van der Waals surface area contributed by atoms with Crippen LogP contribution in [-0.4, -0.2) is 36.3 Å². The van der Waals surface area contributed by atoms with Gasteiger partial charge in [0.15, 0.2) is 11.2 Å². The van der Waals surface area contributed by atoms with Crippen molar-refractivity contribution < 1.29 is 4.74 Å². The highest BCUT2D eigenvalue weighted by molar-refractivity contribution is 6.30. The van der Waals surface area contributed by atoms with E-state index in [4.69, 9.17) is 16.3 Å². The SMILES string of the molecule is CCOCCn1c(=O)c2c(nc3n(-c4cccc(Cl)c4)c(C)c(C)n23)n(C)c1=O. The van der Waals surface area contributed by atoms with Crippen LogP contribution < -0.4 is 11.2 Å². The number of fused-ring (bicyclic) bond motifs is 3. The van der Waals surface area contributed by atoms with Crippen LogP contribution in [0.2, 0.25) is 5.02 Å². The zero-order valence-corrected chi connectivity index (χ0v) is 17.5. The van der Waals surface area contributed by atoms with E-state index in [-0.39, 0.29) is 12.1 Å². The van der Waals surface area contributed by atoms with Gasteiger partial charge in [0.05, 0.1) is 18.8 Å². The first-order valence-electron chi connectivity index (χ1n) is 9.40. The molecule has 0 radical (unpaired) electrons. The van der Waals surface area contributed by atoms with Gasteiger partial charge >= 0.3 is 5.69 Å². The van der Waals surface area contributed by atoms with E-state index in [9.17, 15) is 9.59 Å². The highest BCUT2D eigenvalue weighted by atomic mass is 35.5. The molecule has 0 spiro atoms. The van der Waals surface area contributed by atoms with Gasteiger partial charge in [0.1, 0.15) is 0 Å². The van der Waals surface area contributed by atoms with Crippen LogP contribution in [0.5, 0.6) is 0 Å². The summed E-state index contributed by atoms with van der Waals surface area (Å²) >= 11 is 6.19. The molecule has 0 amide bonds. The lowest BCUT2D eigenvalue weighted by molar-refractivity contribution is 0.137. The third-order valence-electron chi connectivity index (χ3n) is 5.25. The molecule has 4 aromatic rings. The summed E-state index contributed by atoms with van der Waals surface area (Å²) in [7, 11) is 1.62. The van der Waals surface area contributed by atoms with Crippen LogP contribution in [-0.2, 0) is 18.3 Å². The van der Waals surface area contributed by atoms with Crippen molar-refractivity contribution in [2.75, 3.05) is 13.2 Å². The molecule has 0 saturated heterocycles. The maximum absolute atomic E-state index is 13.2. The second-order valence-electron chi connectivity index (χ2n) is 6.90. The fourth-order valence-electron chi connectivity index (χ4n) is 3.67. The number of nitrogens with zero attached hydrogens (tertiary/aromatic N) is 5. The number of hydrogen-bond donors (Lipinski definition) is 0. The van der Waals surface area contributed by atoms with E-state index in [0.29, 0.717) is 35.2 Å². The van der Waals surface area contributed by atoms with Crippen molar-refractivity contribution in [2.45, 2.75) is 27.3 Å². The minimum absolute atomic E-state index is 0.190. The normalized spacial score (nSPS) is 11.8. The highest BCUT2D eigenvalue weighted by Crippen LogP contribution is 2.25. The van der Waals surface area contributed by atoms with Crippen LogP contribution in [0.4, 0.5) is 0 Å². The Morgan fingerprint density at radius 3 is 2.62 bits per heavy atom. The first-order valence-corrected chi connectivity index (χ1v) is 9.78. The molecule has 0 aliphatic rings. The fourth-order valence-corrected chi connectivity index (χ4v) is 3.86. The number of halogens is 1. The summed E-state index contributed by atoms with van der Waals surface area (Å²) in [6, 6.07) is 7.43. The molecule has 4 rings (SSSR count). The third-order valence-corrected chi connectivity index (χ3v) is 5.48. The van der Waals surface area contributed by atoms with Crippen molar-refractivity contribution in [3.63, 3.8) is 0 Å². The molecule has 152 valence electrons. The number of benzene rings is 1. The zero-order chi connectivity index (χ0) is 20.9. The fraction of sp³-hybridized carbons (Fsp3) is 0.350. The lowest BCUT2D eigenvalue weighted by Gasteiger charge is -2.08. The quantitative estimate of drug-likeness (QED) is 0.469. The van der Waals surface area contributed by atoms with Gasteiger partial charge in [0, 0.05) is 30.1 Å². The second kappa shape index (κ2) is 7.20. The van der Waals surface area contributed by atoms with E-state index < -0.39 is 5.69 Å². The minimum Gasteiger partial charge on any atom is -0.380 e. The second-order valence-corrected chi connectivity index (χ2v) is 7.34. The molecule has 9 heteroatoms. The number of ether oxygens (including phenoxy) is 1. The van der Waals surface area contributed by atoms with Gasteiger partial charge in [-0.05, 0) is 39.0 Å². The number of imidazole rings is 2. The van der Waals surface area contributed by atoms with Gasteiger partial charge in [0.25, 0.3) is 5.56 Å². The smallest absolute Gasteiger partial charge is 0.332 e. The predicted octanol–water partition coefficient (Wildman–Crippen LogP) is 2.45. The Morgan fingerprint density at radius 2 is 1.93 bits per heavy atom. The lowest BCUT2D eigenvalue weighted by Crippen LogP contribution is -2.40. The Morgan fingerprint density at radius 1 is 1.17 bits per heavy atom. The van der Waals surface area contributed by atoms with Gasteiger partial charge in [-0.1, -0.05) is 17.7 Å². The standard InChI is InChI=1S/C20H22ClN5O3/c1-5-29-10-9-24-18(27)16-17(23(4)20(24)28)22-19-25(12(2)13(3)26(16)19)15-8-6-7-14(21)11-15/h6-8,11H,5,9-10H2,1-4H3. The molecule has 0 atom stereocenters. The summed E-state index contributed by atoms with van der Waals surface area (Å²) in [6.07, 6.45) is 0. The maximum atomic E-state index is 13.2. The molecule has 0 bridgehead atoms. The molecule has 0 fully saturated rings. The van der Waals surface area contributed by atoms with Gasteiger partial charge in [-0.2, -0.15) is 4.98 Å². The molecule has 3 heterocycles. The van der Waals surface area contributed by atoms with E-state index in [1.807, 2.05) is 47.9 Å². The van der Waals surface area contributed by atoms with Gasteiger partial charge < -0.3 is 4.74 Å². The molecule has 8 nitrogen and oxygen atoms in total. The Bertz CT molecular complexity index is 1360. The largest absolute Gasteiger partial charge is 0.380 e. The van der Waals surface area contributed by atoms with Crippen molar-refractivity contribution in [2.24, 2.45) is 7.05 Å². The molecule has 1 aromatic carbocycles. The molecular weight excluding hydrogens is 394 g/mol. The Hall–Kier alpha value is -2.84. The zero-order valence-electron chi connectivity index (χ0n) is 16.8. The molecule has 29 heavy (non-hydrogen) atoms. The Labute approximate surface area is 171 Å². The third kappa shape index (κ3) is 2.90. The van der Waals surface area contributed by atoms with Crippen molar-refractivity contribution >= 4 is 28.5 Å². The minimum atomic E-state index is -0.411. The van der Waals surface area contributed by atoms with E-state index in [1.54, 1.807) is 13.1 Å². The summed E-state index contributed by atoms with van der Waals surface area (Å²) in [5.41, 5.74) is 2.58. The molecule has 0 N–H and O–H groups in total. The summed E-state index contributed by atoms with van der Waals surface area (Å²) in [4.78, 5) is 30.6. The van der Waals surface area contributed by atoms with Crippen molar-refractivity contribution in [1.82, 2.24) is 23.1 Å². The molecule has 0 aliphatic carbocycles. The molecule has 3 aromatic heterocycles. The Kier molecular flexibility index (Phi) is 4.84. The van der Waals surface area contributed by atoms with Crippen LogP contribution in [0.25, 0.3) is 22.6 Å². The van der Waals surface area contributed by atoms with Crippen LogP contribution in [0.15, 0.2) is 33.9 Å². The van der Waals surface area contributed by atoms with E-state index in [1.165, 1.54) is 9.13 Å². The van der Waals surface area contributed by atoms with E-state index in [0.717, 1.165) is 17.1 Å². The molecular formula is C20H22ClN5O3. The first-order chi connectivity index (χ1) is 13.9. The summed E-state index contributed by atoms with van der Waals surface area (Å²) in [5.74, 6) is 0.562.